The zero-order valence-corrected chi connectivity index (χ0v) is 13.5. The van der Waals surface area contributed by atoms with Crippen LogP contribution in [0.2, 0.25) is 0 Å². The van der Waals surface area contributed by atoms with Crippen molar-refractivity contribution in [3.8, 4) is 0 Å². The predicted molar refractivity (Wildman–Crippen MR) is 83.8 cm³/mol. The number of hydrogen-bond acceptors (Lipinski definition) is 3. The second-order valence-electron chi connectivity index (χ2n) is 4.73. The van der Waals surface area contributed by atoms with Crippen molar-refractivity contribution in [1.29, 1.82) is 0 Å². The molecule has 5 heteroatoms. The van der Waals surface area contributed by atoms with Crippen LogP contribution in [-0.2, 0) is 17.8 Å². The van der Waals surface area contributed by atoms with E-state index in [1.807, 2.05) is 11.6 Å². The van der Waals surface area contributed by atoms with Crippen molar-refractivity contribution in [2.75, 3.05) is 20.3 Å². The van der Waals surface area contributed by atoms with Crippen LogP contribution < -0.4 is 5.32 Å². The average molecular weight is 338 g/mol. The van der Waals surface area contributed by atoms with Gasteiger partial charge in [-0.25, -0.2) is 0 Å². The molecule has 0 radical (unpaired) electrons. The number of nitrogens with one attached hydrogen (secondary N) is 1. The molecule has 0 atom stereocenters. The van der Waals surface area contributed by atoms with Gasteiger partial charge in [0.25, 0.3) is 0 Å². The molecule has 0 aliphatic heterocycles. The molecule has 4 nitrogen and oxygen atoms in total. The highest BCUT2D eigenvalue weighted by Crippen LogP contribution is 2.12. The molecular formula is C15H20BrN3O. The highest BCUT2D eigenvalue weighted by molar-refractivity contribution is 9.10. The fraction of sp³-hybridized carbons (Fsp3) is 0.400. The van der Waals surface area contributed by atoms with Crippen molar-refractivity contribution in [1.82, 2.24) is 15.1 Å². The Balaban J connectivity index is 1.94. The third-order valence-electron chi connectivity index (χ3n) is 3.10. The SMILES string of the molecule is COCCNCc1cn(Cc2ccc(Br)cc2)nc1C. The Morgan fingerprint density at radius 2 is 2.05 bits per heavy atom. The van der Waals surface area contributed by atoms with Crippen molar-refractivity contribution >= 4 is 15.9 Å². The van der Waals surface area contributed by atoms with Crippen LogP contribution in [0.15, 0.2) is 34.9 Å². The van der Waals surface area contributed by atoms with Crippen LogP contribution in [0.3, 0.4) is 0 Å². The lowest BCUT2D eigenvalue weighted by Gasteiger charge is -2.02. The standard InChI is InChI=1S/C15H20BrN3O/c1-12-14(9-17-7-8-20-2)11-19(18-12)10-13-3-5-15(16)6-4-13/h3-6,11,17H,7-10H2,1-2H3. The molecule has 108 valence electrons. The zero-order chi connectivity index (χ0) is 14.4. The van der Waals surface area contributed by atoms with Crippen molar-refractivity contribution in [3.05, 3.63) is 51.8 Å². The summed E-state index contributed by atoms with van der Waals surface area (Å²) >= 11 is 3.45. The monoisotopic (exact) mass is 337 g/mol. The highest BCUT2D eigenvalue weighted by atomic mass is 79.9. The van der Waals surface area contributed by atoms with Gasteiger partial charge in [0.2, 0.25) is 0 Å². The summed E-state index contributed by atoms with van der Waals surface area (Å²) in [5, 5.41) is 7.90. The van der Waals surface area contributed by atoms with Gasteiger partial charge >= 0.3 is 0 Å². The quantitative estimate of drug-likeness (QED) is 0.789. The van der Waals surface area contributed by atoms with Gasteiger partial charge in [0.1, 0.15) is 0 Å². The Kier molecular flexibility index (Phi) is 5.76. The Morgan fingerprint density at radius 3 is 2.75 bits per heavy atom. The van der Waals surface area contributed by atoms with Gasteiger partial charge in [-0.05, 0) is 24.6 Å². The van der Waals surface area contributed by atoms with Crippen molar-refractivity contribution in [2.24, 2.45) is 0 Å². The molecule has 2 rings (SSSR count). The van der Waals surface area contributed by atoms with Crippen LogP contribution in [-0.4, -0.2) is 30.0 Å². The molecule has 0 amide bonds. The number of rotatable bonds is 7. The number of nitrogens with zero attached hydrogens (tertiary/aromatic N) is 2. The summed E-state index contributed by atoms with van der Waals surface area (Å²) < 4.78 is 8.11. The first-order chi connectivity index (χ1) is 9.69. The number of benzene rings is 1. The summed E-state index contributed by atoms with van der Waals surface area (Å²) in [5.74, 6) is 0. The van der Waals surface area contributed by atoms with E-state index in [4.69, 9.17) is 4.74 Å². The molecule has 1 aromatic heterocycles. The third kappa shape index (κ3) is 4.44. The van der Waals surface area contributed by atoms with Crippen LogP contribution >= 0.6 is 15.9 Å². The summed E-state index contributed by atoms with van der Waals surface area (Å²) in [5.41, 5.74) is 3.56. The second kappa shape index (κ2) is 7.57. The molecule has 1 heterocycles. The number of aryl methyl sites for hydroxylation is 1. The van der Waals surface area contributed by atoms with Gasteiger partial charge in [0, 0.05) is 36.4 Å². The van der Waals surface area contributed by atoms with E-state index in [9.17, 15) is 0 Å². The van der Waals surface area contributed by atoms with Gasteiger partial charge in [0.05, 0.1) is 18.8 Å². The van der Waals surface area contributed by atoms with Gasteiger partial charge < -0.3 is 10.1 Å². The minimum atomic E-state index is 0.728. The highest BCUT2D eigenvalue weighted by Gasteiger charge is 2.05. The zero-order valence-electron chi connectivity index (χ0n) is 11.9. The number of hydrogen-bond donors (Lipinski definition) is 1. The van der Waals surface area contributed by atoms with E-state index in [2.05, 4.69) is 56.8 Å². The molecule has 0 saturated carbocycles. The molecule has 2 aromatic rings. The summed E-state index contributed by atoms with van der Waals surface area (Å²) in [6.07, 6.45) is 2.11. The van der Waals surface area contributed by atoms with E-state index in [0.29, 0.717) is 0 Å². The Morgan fingerprint density at radius 1 is 1.30 bits per heavy atom. The van der Waals surface area contributed by atoms with Crippen molar-refractivity contribution < 1.29 is 4.74 Å². The first-order valence-corrected chi connectivity index (χ1v) is 7.45. The molecule has 20 heavy (non-hydrogen) atoms. The third-order valence-corrected chi connectivity index (χ3v) is 3.63. The van der Waals surface area contributed by atoms with E-state index in [0.717, 1.165) is 36.4 Å². The second-order valence-corrected chi connectivity index (χ2v) is 5.65. The largest absolute Gasteiger partial charge is 0.383 e. The van der Waals surface area contributed by atoms with Crippen LogP contribution in [0, 0.1) is 6.92 Å². The lowest BCUT2D eigenvalue weighted by molar-refractivity contribution is 0.199. The van der Waals surface area contributed by atoms with E-state index >= 15 is 0 Å². The lowest BCUT2D eigenvalue weighted by atomic mass is 10.2. The van der Waals surface area contributed by atoms with E-state index in [-0.39, 0.29) is 0 Å². The molecule has 0 saturated heterocycles. The summed E-state index contributed by atoms with van der Waals surface area (Å²) in [6, 6.07) is 8.33. The summed E-state index contributed by atoms with van der Waals surface area (Å²) in [6.45, 7) is 5.26. The molecule has 0 spiro atoms. The number of aromatic nitrogens is 2. The minimum Gasteiger partial charge on any atom is -0.383 e. The van der Waals surface area contributed by atoms with Crippen LogP contribution in [0.25, 0.3) is 0 Å². The number of methoxy groups -OCH3 is 1. The Hall–Kier alpha value is -1.17. The van der Waals surface area contributed by atoms with Gasteiger partial charge in [-0.3, -0.25) is 4.68 Å². The van der Waals surface area contributed by atoms with E-state index in [1.165, 1.54) is 11.1 Å². The van der Waals surface area contributed by atoms with Crippen molar-refractivity contribution in [2.45, 2.75) is 20.0 Å². The molecule has 1 N–H and O–H groups in total. The maximum absolute atomic E-state index is 5.02. The van der Waals surface area contributed by atoms with E-state index < -0.39 is 0 Å². The lowest BCUT2D eigenvalue weighted by Crippen LogP contribution is -2.18. The fourth-order valence-electron chi connectivity index (χ4n) is 1.99. The van der Waals surface area contributed by atoms with Crippen molar-refractivity contribution in [3.63, 3.8) is 0 Å². The van der Waals surface area contributed by atoms with Gasteiger partial charge in [-0.15, -0.1) is 0 Å². The van der Waals surface area contributed by atoms with Gasteiger partial charge in [-0.2, -0.15) is 5.10 Å². The normalized spacial score (nSPS) is 10.9. The number of ether oxygens (including phenoxy) is 1. The number of halogens is 1. The smallest absolute Gasteiger partial charge is 0.0659 e. The topological polar surface area (TPSA) is 39.1 Å². The summed E-state index contributed by atoms with van der Waals surface area (Å²) in [7, 11) is 1.71. The fourth-order valence-corrected chi connectivity index (χ4v) is 2.25. The first kappa shape index (κ1) is 15.2. The molecule has 0 unspecified atom stereocenters. The van der Waals surface area contributed by atoms with E-state index in [1.54, 1.807) is 7.11 Å². The molecule has 0 bridgehead atoms. The first-order valence-electron chi connectivity index (χ1n) is 6.66. The average Bonchev–Trinajstić information content (AvgIpc) is 2.78. The van der Waals surface area contributed by atoms with Crippen LogP contribution in [0.4, 0.5) is 0 Å². The van der Waals surface area contributed by atoms with Gasteiger partial charge in [0.15, 0.2) is 0 Å². The van der Waals surface area contributed by atoms with Crippen LogP contribution in [0.5, 0.6) is 0 Å². The molecule has 1 aromatic carbocycles. The summed E-state index contributed by atoms with van der Waals surface area (Å²) in [4.78, 5) is 0. The Labute approximate surface area is 128 Å². The maximum atomic E-state index is 5.02. The predicted octanol–water partition coefficient (Wildman–Crippen LogP) is 2.74. The molecular weight excluding hydrogens is 318 g/mol. The van der Waals surface area contributed by atoms with Gasteiger partial charge in [-0.1, -0.05) is 28.1 Å². The minimum absolute atomic E-state index is 0.728. The molecule has 0 fully saturated rings. The molecule has 0 aliphatic rings. The Bertz CT molecular complexity index is 537. The van der Waals surface area contributed by atoms with Crippen LogP contribution in [0.1, 0.15) is 16.8 Å². The maximum Gasteiger partial charge on any atom is 0.0659 e. The molecule has 0 aliphatic carbocycles.